The van der Waals surface area contributed by atoms with Crippen molar-refractivity contribution in [1.82, 2.24) is 13.9 Å². The summed E-state index contributed by atoms with van der Waals surface area (Å²) in [6.45, 7) is 6.03. The number of benzene rings is 1. The fourth-order valence-corrected chi connectivity index (χ4v) is 5.59. The number of carbonyl (C=O) groups excluding carboxylic acids is 1. The van der Waals surface area contributed by atoms with Crippen LogP contribution in [0, 0.1) is 0 Å². The quantitative estimate of drug-likeness (QED) is 0.280. The third-order valence-electron chi connectivity index (χ3n) is 4.58. The number of carbonyl (C=O) groups is 1. The number of allylic oxidation sites excluding steroid dienone is 1. The van der Waals surface area contributed by atoms with Gasteiger partial charge in [0.05, 0.1) is 16.0 Å². The van der Waals surface area contributed by atoms with Crippen LogP contribution in [0.3, 0.4) is 0 Å². The van der Waals surface area contributed by atoms with Gasteiger partial charge >= 0.3 is 0 Å². The second-order valence-corrected chi connectivity index (χ2v) is 11.2. The van der Waals surface area contributed by atoms with Crippen LogP contribution in [0.25, 0.3) is 10.2 Å². The maximum atomic E-state index is 12.9. The zero-order valence-electron chi connectivity index (χ0n) is 18.0. The normalized spacial score (nSPS) is 11.8. The molecule has 3 aromatic rings. The molecule has 0 saturated carbocycles. The lowest BCUT2D eigenvalue weighted by atomic mass is 10.3. The van der Waals surface area contributed by atoms with Gasteiger partial charge in [-0.25, -0.2) is 17.7 Å². The molecule has 0 radical (unpaired) electrons. The van der Waals surface area contributed by atoms with Gasteiger partial charge in [-0.2, -0.15) is 0 Å². The molecule has 170 valence electrons. The monoisotopic (exact) mass is 492 g/mol. The van der Waals surface area contributed by atoms with E-state index in [2.05, 4.69) is 16.9 Å². The lowest BCUT2D eigenvalue weighted by Crippen LogP contribution is -2.23. The van der Waals surface area contributed by atoms with Crippen molar-refractivity contribution in [1.29, 1.82) is 0 Å². The number of aryl methyl sites for hydroxylation is 1. The van der Waals surface area contributed by atoms with Crippen molar-refractivity contribution in [2.75, 3.05) is 25.2 Å². The Labute approximate surface area is 195 Å². The fraction of sp³-hybridized carbons (Fsp3) is 0.286. The Kier molecular flexibility index (Phi) is 7.55. The number of nitrogens with one attached hydrogen (secondary N) is 1. The van der Waals surface area contributed by atoms with Crippen LogP contribution < -0.4 is 10.9 Å². The molecule has 3 rings (SSSR count). The number of fused-ring (bicyclic) bond motifs is 1. The average Bonchev–Trinajstić information content (AvgIpc) is 3.18. The summed E-state index contributed by atoms with van der Waals surface area (Å²) < 4.78 is 26.9. The summed E-state index contributed by atoms with van der Waals surface area (Å²) >= 11 is 2.65. The van der Waals surface area contributed by atoms with Gasteiger partial charge in [0.2, 0.25) is 15.9 Å². The number of nitrogens with zero attached hydrogens (tertiary/aromatic N) is 3. The highest BCUT2D eigenvalue weighted by Gasteiger charge is 2.17. The van der Waals surface area contributed by atoms with Crippen LogP contribution in [0.2, 0.25) is 0 Å². The number of thioether (sulfide) groups is 1. The van der Waals surface area contributed by atoms with Crippen molar-refractivity contribution < 1.29 is 13.2 Å². The molecule has 32 heavy (non-hydrogen) atoms. The Morgan fingerprint density at radius 1 is 1.31 bits per heavy atom. The summed E-state index contributed by atoms with van der Waals surface area (Å²) in [6, 6.07) is 7.83. The second-order valence-electron chi connectivity index (χ2n) is 7.03. The predicted octanol–water partition coefficient (Wildman–Crippen LogP) is 3.19. The van der Waals surface area contributed by atoms with Crippen molar-refractivity contribution in [3.05, 3.63) is 58.2 Å². The van der Waals surface area contributed by atoms with E-state index in [1.165, 1.54) is 66.0 Å². The van der Waals surface area contributed by atoms with E-state index in [9.17, 15) is 18.0 Å². The number of anilines is 1. The zero-order valence-corrected chi connectivity index (χ0v) is 20.4. The van der Waals surface area contributed by atoms with E-state index in [0.29, 0.717) is 27.6 Å². The van der Waals surface area contributed by atoms with E-state index in [1.54, 1.807) is 6.08 Å². The van der Waals surface area contributed by atoms with Crippen LogP contribution in [0.15, 0.2) is 57.8 Å². The first-order chi connectivity index (χ1) is 15.2. The molecule has 0 spiro atoms. The number of aromatic nitrogens is 2. The summed E-state index contributed by atoms with van der Waals surface area (Å²) in [5.74, 6) is -0.253. The molecule has 0 aliphatic carbocycles. The first-order valence-corrected chi connectivity index (χ1v) is 13.0. The Balaban J connectivity index is 1.75. The summed E-state index contributed by atoms with van der Waals surface area (Å²) in [5, 5.41) is 3.77. The van der Waals surface area contributed by atoms with Crippen LogP contribution in [-0.2, 0) is 27.8 Å². The number of hydrogen-bond acceptors (Lipinski definition) is 7. The van der Waals surface area contributed by atoms with E-state index in [0.717, 1.165) is 15.6 Å². The molecule has 2 aromatic heterocycles. The van der Waals surface area contributed by atoms with E-state index in [-0.39, 0.29) is 22.1 Å². The molecule has 8 nitrogen and oxygen atoms in total. The molecular formula is C21H24N4O4S3. The number of hydrogen-bond donors (Lipinski definition) is 1. The summed E-state index contributed by atoms with van der Waals surface area (Å²) in [6.07, 6.45) is 2.44. The van der Waals surface area contributed by atoms with Crippen molar-refractivity contribution in [2.45, 2.75) is 29.9 Å². The Morgan fingerprint density at radius 2 is 2.00 bits per heavy atom. The van der Waals surface area contributed by atoms with Gasteiger partial charge in [-0.05, 0) is 36.8 Å². The van der Waals surface area contributed by atoms with Gasteiger partial charge in [-0.1, -0.05) is 24.8 Å². The number of amides is 1. The van der Waals surface area contributed by atoms with Gasteiger partial charge < -0.3 is 5.32 Å². The number of rotatable bonds is 9. The predicted molar refractivity (Wildman–Crippen MR) is 130 cm³/mol. The molecule has 2 heterocycles. The number of sulfonamides is 1. The standard InChI is InChI=1S/C21H24N4O4S3/c1-5-11-25-20(27)17-12-15(6-2)31-19(17)23-21(25)30-13-18(26)22-14-7-9-16(10-8-14)32(28,29)24(3)4/h5,7-10,12H,1,6,11,13H2,2-4H3,(H,22,26). The maximum absolute atomic E-state index is 12.9. The molecule has 0 unspecified atom stereocenters. The lowest BCUT2D eigenvalue weighted by Gasteiger charge is -2.12. The molecule has 0 atom stereocenters. The van der Waals surface area contributed by atoms with Crippen molar-refractivity contribution in [3.8, 4) is 0 Å². The smallest absolute Gasteiger partial charge is 0.263 e. The van der Waals surface area contributed by atoms with Crippen LogP contribution in [0.1, 0.15) is 11.8 Å². The molecule has 11 heteroatoms. The minimum absolute atomic E-state index is 0.0405. The molecule has 0 saturated heterocycles. The van der Waals surface area contributed by atoms with Crippen LogP contribution >= 0.6 is 23.1 Å². The Bertz CT molecular complexity index is 1310. The van der Waals surface area contributed by atoms with Gasteiger partial charge in [0.25, 0.3) is 5.56 Å². The molecule has 0 aliphatic rings. The highest BCUT2D eigenvalue weighted by molar-refractivity contribution is 7.99. The van der Waals surface area contributed by atoms with Crippen LogP contribution in [-0.4, -0.2) is 48.0 Å². The third-order valence-corrected chi connectivity index (χ3v) is 8.56. The summed E-state index contributed by atoms with van der Waals surface area (Å²) in [4.78, 5) is 31.8. The first kappa shape index (κ1) is 24.2. The minimum atomic E-state index is -3.53. The van der Waals surface area contributed by atoms with Gasteiger partial charge in [0.15, 0.2) is 5.16 Å². The summed E-state index contributed by atoms with van der Waals surface area (Å²) in [5.41, 5.74) is 0.331. The topological polar surface area (TPSA) is 101 Å². The molecular weight excluding hydrogens is 468 g/mol. The average molecular weight is 493 g/mol. The molecule has 0 fully saturated rings. The molecule has 0 aliphatic heterocycles. The lowest BCUT2D eigenvalue weighted by molar-refractivity contribution is -0.113. The van der Waals surface area contributed by atoms with E-state index >= 15 is 0 Å². The number of thiophene rings is 1. The van der Waals surface area contributed by atoms with Crippen molar-refractivity contribution in [3.63, 3.8) is 0 Å². The van der Waals surface area contributed by atoms with E-state index in [4.69, 9.17) is 0 Å². The van der Waals surface area contributed by atoms with Gasteiger partial charge in [-0.15, -0.1) is 17.9 Å². The maximum Gasteiger partial charge on any atom is 0.263 e. The third kappa shape index (κ3) is 5.12. The molecule has 1 aromatic carbocycles. The minimum Gasteiger partial charge on any atom is -0.325 e. The van der Waals surface area contributed by atoms with E-state index in [1.807, 2.05) is 13.0 Å². The SMILES string of the molecule is C=CCn1c(SCC(=O)Nc2ccc(S(=O)(=O)N(C)C)cc2)nc2sc(CC)cc2c1=O. The molecule has 1 amide bonds. The van der Waals surface area contributed by atoms with E-state index < -0.39 is 10.0 Å². The van der Waals surface area contributed by atoms with Gasteiger partial charge in [-0.3, -0.25) is 14.2 Å². The first-order valence-electron chi connectivity index (χ1n) is 9.76. The van der Waals surface area contributed by atoms with Crippen LogP contribution in [0.4, 0.5) is 5.69 Å². The van der Waals surface area contributed by atoms with Gasteiger partial charge in [0.1, 0.15) is 4.83 Å². The largest absolute Gasteiger partial charge is 0.325 e. The molecule has 0 bridgehead atoms. The summed E-state index contributed by atoms with van der Waals surface area (Å²) in [7, 11) is -0.618. The highest BCUT2D eigenvalue weighted by Crippen LogP contribution is 2.25. The van der Waals surface area contributed by atoms with Crippen molar-refractivity contribution in [2.24, 2.45) is 0 Å². The highest BCUT2D eigenvalue weighted by atomic mass is 32.2. The zero-order chi connectivity index (χ0) is 23.5. The fourth-order valence-electron chi connectivity index (χ4n) is 2.87. The Hall–Kier alpha value is -2.47. The molecule has 1 N–H and O–H groups in total. The van der Waals surface area contributed by atoms with Crippen LogP contribution in [0.5, 0.6) is 0 Å². The second kappa shape index (κ2) is 9.99. The Morgan fingerprint density at radius 3 is 2.59 bits per heavy atom. The van der Waals surface area contributed by atoms with Crippen molar-refractivity contribution >= 4 is 54.9 Å². The van der Waals surface area contributed by atoms with Gasteiger partial charge in [0, 0.05) is 31.2 Å².